The van der Waals surface area contributed by atoms with Gasteiger partial charge in [-0.3, -0.25) is 9.10 Å². The highest BCUT2D eigenvalue weighted by Gasteiger charge is 2.30. The summed E-state index contributed by atoms with van der Waals surface area (Å²) in [6.07, 6.45) is 1.000. The lowest BCUT2D eigenvalue weighted by Crippen LogP contribution is -2.48. The molecule has 2 aromatic carbocycles. The van der Waals surface area contributed by atoms with E-state index in [0.29, 0.717) is 16.5 Å². The zero-order chi connectivity index (χ0) is 21.6. The summed E-state index contributed by atoms with van der Waals surface area (Å²) in [6, 6.07) is 10.4. The lowest BCUT2D eigenvalue weighted by Gasteiger charge is -2.29. The second-order valence-electron chi connectivity index (χ2n) is 6.15. The standard InChI is InChI=1S/C19H22Cl2N2O5S/c1-13(23(29(3,25)26)18-11-14(20)7-8-17(18)21)19(24)22-9-10-28-16-6-4-5-15(12-16)27-2/h4-8,11-13H,9-10H2,1-3H3,(H,22,24)/t13-/m1/s1. The molecule has 0 fully saturated rings. The Labute approximate surface area is 180 Å². The molecule has 1 N–H and O–H groups in total. The van der Waals surface area contributed by atoms with E-state index in [1.54, 1.807) is 31.4 Å². The molecule has 0 aliphatic carbocycles. The quantitative estimate of drug-likeness (QED) is 0.579. The molecule has 0 radical (unpaired) electrons. The van der Waals surface area contributed by atoms with E-state index in [2.05, 4.69) is 5.32 Å². The van der Waals surface area contributed by atoms with Gasteiger partial charge in [-0.2, -0.15) is 0 Å². The van der Waals surface area contributed by atoms with Crippen LogP contribution in [0.1, 0.15) is 6.92 Å². The summed E-state index contributed by atoms with van der Waals surface area (Å²) < 4.78 is 36.3. The normalized spacial score (nSPS) is 12.2. The molecular formula is C19H22Cl2N2O5S. The monoisotopic (exact) mass is 460 g/mol. The van der Waals surface area contributed by atoms with E-state index in [1.165, 1.54) is 25.1 Å². The van der Waals surface area contributed by atoms with Gasteiger partial charge in [-0.15, -0.1) is 0 Å². The molecule has 7 nitrogen and oxygen atoms in total. The number of carbonyl (C=O) groups is 1. The highest BCUT2D eigenvalue weighted by Crippen LogP contribution is 2.32. The zero-order valence-electron chi connectivity index (χ0n) is 16.2. The second-order valence-corrected chi connectivity index (χ2v) is 8.85. The maximum Gasteiger partial charge on any atom is 0.243 e. The number of hydrogen-bond acceptors (Lipinski definition) is 5. The molecule has 0 saturated heterocycles. The molecule has 0 saturated carbocycles. The summed E-state index contributed by atoms with van der Waals surface area (Å²) in [7, 11) is -2.24. The van der Waals surface area contributed by atoms with Crippen molar-refractivity contribution < 1.29 is 22.7 Å². The van der Waals surface area contributed by atoms with Crippen molar-refractivity contribution in [1.82, 2.24) is 5.32 Å². The minimum absolute atomic E-state index is 0.136. The van der Waals surface area contributed by atoms with Crippen LogP contribution in [0.4, 0.5) is 5.69 Å². The smallest absolute Gasteiger partial charge is 0.243 e. The lowest BCUT2D eigenvalue weighted by atomic mass is 10.2. The molecule has 1 atom stereocenters. The number of rotatable bonds is 9. The highest BCUT2D eigenvalue weighted by atomic mass is 35.5. The van der Waals surface area contributed by atoms with E-state index in [4.69, 9.17) is 32.7 Å². The van der Waals surface area contributed by atoms with Crippen molar-refractivity contribution in [3.8, 4) is 11.5 Å². The first-order valence-electron chi connectivity index (χ1n) is 8.62. The highest BCUT2D eigenvalue weighted by molar-refractivity contribution is 7.92. The summed E-state index contributed by atoms with van der Waals surface area (Å²) in [5.41, 5.74) is 0.136. The van der Waals surface area contributed by atoms with Crippen LogP contribution in [0.25, 0.3) is 0 Å². The molecule has 29 heavy (non-hydrogen) atoms. The molecule has 1 amide bonds. The van der Waals surface area contributed by atoms with Crippen molar-refractivity contribution in [2.45, 2.75) is 13.0 Å². The topological polar surface area (TPSA) is 84.9 Å². The van der Waals surface area contributed by atoms with Crippen LogP contribution in [0.2, 0.25) is 10.0 Å². The molecule has 158 valence electrons. The maximum absolute atomic E-state index is 12.5. The lowest BCUT2D eigenvalue weighted by molar-refractivity contribution is -0.121. The molecule has 10 heteroatoms. The predicted octanol–water partition coefficient (Wildman–Crippen LogP) is 3.35. The Hall–Kier alpha value is -2.16. The van der Waals surface area contributed by atoms with Crippen molar-refractivity contribution in [2.24, 2.45) is 0 Å². The number of hydrogen-bond donors (Lipinski definition) is 1. The molecule has 2 rings (SSSR count). The van der Waals surface area contributed by atoms with Gasteiger partial charge >= 0.3 is 0 Å². The van der Waals surface area contributed by atoms with Crippen LogP contribution in [0.5, 0.6) is 11.5 Å². The van der Waals surface area contributed by atoms with Crippen LogP contribution in [0, 0.1) is 0 Å². The van der Waals surface area contributed by atoms with Gasteiger partial charge in [-0.25, -0.2) is 8.42 Å². The molecule has 2 aromatic rings. The summed E-state index contributed by atoms with van der Waals surface area (Å²) in [5.74, 6) is 0.748. The first-order valence-corrected chi connectivity index (χ1v) is 11.2. The van der Waals surface area contributed by atoms with Gasteiger partial charge in [-0.1, -0.05) is 29.3 Å². The van der Waals surface area contributed by atoms with Gasteiger partial charge in [0.1, 0.15) is 24.1 Å². The molecule has 0 spiro atoms. The second kappa shape index (κ2) is 10.0. The molecule has 0 bridgehead atoms. The van der Waals surface area contributed by atoms with Gasteiger partial charge < -0.3 is 14.8 Å². The molecule has 0 unspecified atom stereocenters. The third-order valence-corrected chi connectivity index (χ3v) is 5.73. The van der Waals surface area contributed by atoms with Crippen LogP contribution in [-0.2, 0) is 14.8 Å². The van der Waals surface area contributed by atoms with Gasteiger partial charge in [0, 0.05) is 11.1 Å². The largest absolute Gasteiger partial charge is 0.497 e. The van der Waals surface area contributed by atoms with E-state index in [0.717, 1.165) is 10.6 Å². The van der Waals surface area contributed by atoms with Gasteiger partial charge in [0.2, 0.25) is 15.9 Å². The van der Waals surface area contributed by atoms with E-state index in [1.807, 2.05) is 0 Å². The van der Waals surface area contributed by atoms with Crippen molar-refractivity contribution >= 4 is 44.8 Å². The fourth-order valence-corrected chi connectivity index (χ4v) is 4.22. The Balaban J connectivity index is 2.03. The van der Waals surface area contributed by atoms with E-state index in [-0.39, 0.29) is 23.9 Å². The maximum atomic E-state index is 12.5. The van der Waals surface area contributed by atoms with Crippen LogP contribution < -0.4 is 19.1 Å². The fraction of sp³-hybridized carbons (Fsp3) is 0.316. The van der Waals surface area contributed by atoms with Crippen LogP contribution >= 0.6 is 23.2 Å². The average Bonchev–Trinajstić information content (AvgIpc) is 2.67. The number of halogens is 2. The van der Waals surface area contributed by atoms with Crippen LogP contribution in [-0.4, -0.2) is 46.9 Å². The third-order valence-electron chi connectivity index (χ3n) is 3.95. The number of methoxy groups -OCH3 is 1. The van der Waals surface area contributed by atoms with Crippen molar-refractivity contribution in [3.05, 3.63) is 52.5 Å². The SMILES string of the molecule is COc1cccc(OCCNC(=O)[C@@H](C)N(c2cc(Cl)ccc2Cl)S(C)(=O)=O)c1. The number of nitrogens with one attached hydrogen (secondary N) is 1. The first kappa shape index (κ1) is 23.1. The van der Waals surface area contributed by atoms with E-state index >= 15 is 0 Å². The Kier molecular flexibility index (Phi) is 8.01. The van der Waals surface area contributed by atoms with Gasteiger partial charge in [-0.05, 0) is 37.3 Å². The molecular weight excluding hydrogens is 439 g/mol. The molecule has 0 aromatic heterocycles. The molecule has 0 aliphatic rings. The number of nitrogens with zero attached hydrogens (tertiary/aromatic N) is 1. The number of ether oxygens (including phenoxy) is 2. The number of amides is 1. The Bertz CT molecular complexity index is 969. The number of carbonyl (C=O) groups excluding carboxylic acids is 1. The van der Waals surface area contributed by atoms with Gasteiger partial charge in [0.25, 0.3) is 0 Å². The van der Waals surface area contributed by atoms with Crippen LogP contribution in [0.3, 0.4) is 0 Å². The minimum Gasteiger partial charge on any atom is -0.497 e. The van der Waals surface area contributed by atoms with Crippen molar-refractivity contribution in [1.29, 1.82) is 0 Å². The summed E-state index contributed by atoms with van der Waals surface area (Å²) in [6.45, 7) is 1.85. The zero-order valence-corrected chi connectivity index (χ0v) is 18.5. The Morgan fingerprint density at radius 3 is 2.52 bits per heavy atom. The number of sulfonamides is 1. The summed E-state index contributed by atoms with van der Waals surface area (Å²) in [5, 5.41) is 3.13. The molecule has 0 heterocycles. The van der Waals surface area contributed by atoms with Crippen molar-refractivity contribution in [3.63, 3.8) is 0 Å². The fourth-order valence-electron chi connectivity index (χ4n) is 2.62. The van der Waals surface area contributed by atoms with Crippen LogP contribution in [0.15, 0.2) is 42.5 Å². The Morgan fingerprint density at radius 1 is 1.17 bits per heavy atom. The van der Waals surface area contributed by atoms with E-state index in [9.17, 15) is 13.2 Å². The third kappa shape index (κ3) is 6.42. The predicted molar refractivity (Wildman–Crippen MR) is 115 cm³/mol. The average molecular weight is 461 g/mol. The Morgan fingerprint density at radius 2 is 1.86 bits per heavy atom. The first-order chi connectivity index (χ1) is 13.6. The molecule has 0 aliphatic heterocycles. The van der Waals surface area contributed by atoms with Crippen molar-refractivity contribution in [2.75, 3.05) is 30.8 Å². The van der Waals surface area contributed by atoms with Gasteiger partial charge in [0.05, 0.1) is 30.6 Å². The number of benzene rings is 2. The summed E-state index contributed by atoms with van der Waals surface area (Å²) >= 11 is 12.1. The summed E-state index contributed by atoms with van der Waals surface area (Å²) in [4.78, 5) is 12.5. The number of anilines is 1. The minimum atomic E-state index is -3.80. The van der Waals surface area contributed by atoms with Gasteiger partial charge in [0.15, 0.2) is 0 Å². The van der Waals surface area contributed by atoms with E-state index < -0.39 is 22.0 Å².